The first-order valence-electron chi connectivity index (χ1n) is 11.7. The molecule has 4 aromatic carbocycles. The summed E-state index contributed by atoms with van der Waals surface area (Å²) >= 11 is 12.2. The van der Waals surface area contributed by atoms with E-state index in [1.807, 2.05) is 47.4 Å². The third-order valence-electron chi connectivity index (χ3n) is 5.93. The SMILES string of the molecule is COc1cc(C(C(N)=O)N(Cc2ccccc2)c2ccc(C#N)cc2)ccc1OCc1cc(Cl)cc(Cl)c1. The van der Waals surface area contributed by atoms with Gasteiger partial charge in [-0.3, -0.25) is 4.79 Å². The summed E-state index contributed by atoms with van der Waals surface area (Å²) in [6.45, 7) is 0.636. The predicted molar refractivity (Wildman–Crippen MR) is 150 cm³/mol. The van der Waals surface area contributed by atoms with Crippen molar-refractivity contribution in [1.29, 1.82) is 5.26 Å². The van der Waals surface area contributed by atoms with Gasteiger partial charge in [0.15, 0.2) is 11.5 Å². The number of carbonyl (C=O) groups excluding carboxylic acids is 1. The first kappa shape index (κ1) is 26.9. The molecule has 0 saturated carbocycles. The van der Waals surface area contributed by atoms with Gasteiger partial charge in [0.25, 0.3) is 0 Å². The Balaban J connectivity index is 1.68. The van der Waals surface area contributed by atoms with Crippen LogP contribution in [0.25, 0.3) is 0 Å². The maximum atomic E-state index is 12.9. The summed E-state index contributed by atoms with van der Waals surface area (Å²) in [6, 6.07) is 28.6. The molecule has 0 aliphatic rings. The number of primary amides is 1. The number of nitriles is 1. The summed E-state index contributed by atoms with van der Waals surface area (Å²) in [7, 11) is 1.53. The maximum Gasteiger partial charge on any atom is 0.244 e. The van der Waals surface area contributed by atoms with Gasteiger partial charge in [0.1, 0.15) is 12.6 Å². The molecular weight excluding hydrogens is 521 g/mol. The van der Waals surface area contributed by atoms with Crippen molar-refractivity contribution in [2.45, 2.75) is 19.2 Å². The number of nitrogens with two attached hydrogens (primary N) is 1. The molecule has 1 unspecified atom stereocenters. The molecule has 192 valence electrons. The zero-order valence-electron chi connectivity index (χ0n) is 20.6. The van der Waals surface area contributed by atoms with E-state index < -0.39 is 11.9 Å². The highest BCUT2D eigenvalue weighted by molar-refractivity contribution is 6.34. The van der Waals surface area contributed by atoms with Crippen LogP contribution in [0.2, 0.25) is 10.0 Å². The maximum absolute atomic E-state index is 12.9. The smallest absolute Gasteiger partial charge is 0.244 e. The molecular formula is C30H25Cl2N3O3. The Morgan fingerprint density at radius 2 is 1.61 bits per heavy atom. The largest absolute Gasteiger partial charge is 0.493 e. The van der Waals surface area contributed by atoms with Gasteiger partial charge in [-0.1, -0.05) is 59.6 Å². The van der Waals surface area contributed by atoms with Crippen molar-refractivity contribution in [3.05, 3.63) is 123 Å². The Morgan fingerprint density at radius 1 is 0.921 bits per heavy atom. The summed E-state index contributed by atoms with van der Waals surface area (Å²) in [5.74, 6) is 0.402. The highest BCUT2D eigenvalue weighted by Crippen LogP contribution is 2.35. The number of halogens is 2. The van der Waals surface area contributed by atoms with Crippen molar-refractivity contribution in [1.82, 2.24) is 0 Å². The average molecular weight is 546 g/mol. The van der Waals surface area contributed by atoms with Gasteiger partial charge in [0, 0.05) is 22.3 Å². The van der Waals surface area contributed by atoms with Gasteiger partial charge in [-0.05, 0) is 71.3 Å². The average Bonchev–Trinajstić information content (AvgIpc) is 2.91. The Morgan fingerprint density at radius 3 is 2.21 bits per heavy atom. The van der Waals surface area contributed by atoms with E-state index in [1.165, 1.54) is 7.11 Å². The highest BCUT2D eigenvalue weighted by Gasteiger charge is 2.28. The van der Waals surface area contributed by atoms with Crippen LogP contribution in [-0.2, 0) is 17.9 Å². The minimum absolute atomic E-state index is 0.223. The van der Waals surface area contributed by atoms with E-state index in [0.29, 0.717) is 39.2 Å². The van der Waals surface area contributed by atoms with Crippen LogP contribution < -0.4 is 20.1 Å². The molecule has 0 aliphatic heterocycles. The lowest BCUT2D eigenvalue weighted by molar-refractivity contribution is -0.119. The number of hydrogen-bond acceptors (Lipinski definition) is 5. The molecule has 8 heteroatoms. The van der Waals surface area contributed by atoms with Crippen LogP contribution in [0, 0.1) is 11.3 Å². The molecule has 1 atom stereocenters. The number of rotatable bonds is 10. The van der Waals surface area contributed by atoms with Gasteiger partial charge in [-0.2, -0.15) is 5.26 Å². The van der Waals surface area contributed by atoms with Crippen LogP contribution in [-0.4, -0.2) is 13.0 Å². The van der Waals surface area contributed by atoms with Gasteiger partial charge >= 0.3 is 0 Å². The van der Waals surface area contributed by atoms with Gasteiger partial charge < -0.3 is 20.1 Å². The Bertz CT molecular complexity index is 1430. The van der Waals surface area contributed by atoms with E-state index in [0.717, 1.165) is 16.8 Å². The van der Waals surface area contributed by atoms with E-state index in [9.17, 15) is 10.1 Å². The molecule has 6 nitrogen and oxygen atoms in total. The molecule has 0 aromatic heterocycles. The number of methoxy groups -OCH3 is 1. The topological polar surface area (TPSA) is 88.6 Å². The van der Waals surface area contributed by atoms with Gasteiger partial charge in [0.2, 0.25) is 5.91 Å². The summed E-state index contributed by atoms with van der Waals surface area (Å²) < 4.78 is 11.6. The number of benzene rings is 4. The first-order valence-corrected chi connectivity index (χ1v) is 12.5. The standard InChI is InChI=1S/C30H25Cl2N3O3/c1-37-28-15-23(9-12-27(28)38-19-22-13-24(31)16-25(32)14-22)29(30(34)36)35(18-21-5-3-2-4-6-21)26-10-7-20(17-33)8-11-26/h2-16,29H,18-19H2,1H3,(H2,34,36). The van der Waals surface area contributed by atoms with Crippen molar-refractivity contribution in [2.24, 2.45) is 5.73 Å². The molecule has 0 fully saturated rings. The van der Waals surface area contributed by atoms with Crippen LogP contribution in [0.4, 0.5) is 5.69 Å². The summed E-state index contributed by atoms with van der Waals surface area (Å²) in [4.78, 5) is 14.8. The van der Waals surface area contributed by atoms with E-state index in [1.54, 1.807) is 48.5 Å². The Hall–Kier alpha value is -4.18. The fraction of sp³-hybridized carbons (Fsp3) is 0.133. The monoisotopic (exact) mass is 545 g/mol. The molecule has 38 heavy (non-hydrogen) atoms. The van der Waals surface area contributed by atoms with Crippen molar-refractivity contribution in [2.75, 3.05) is 12.0 Å². The zero-order chi connectivity index (χ0) is 27.1. The lowest BCUT2D eigenvalue weighted by Gasteiger charge is -2.32. The summed E-state index contributed by atoms with van der Waals surface area (Å²) in [5, 5.41) is 10.3. The molecule has 4 rings (SSSR count). The van der Waals surface area contributed by atoms with Crippen molar-refractivity contribution >= 4 is 34.8 Å². The molecule has 0 spiro atoms. The van der Waals surface area contributed by atoms with Crippen molar-refractivity contribution in [3.63, 3.8) is 0 Å². The number of nitrogens with zero attached hydrogens (tertiary/aromatic N) is 2. The normalized spacial score (nSPS) is 11.3. The van der Waals surface area contributed by atoms with E-state index in [4.69, 9.17) is 38.4 Å². The molecule has 0 aliphatic carbocycles. The van der Waals surface area contributed by atoms with Crippen LogP contribution in [0.1, 0.15) is 28.3 Å². The second kappa shape index (κ2) is 12.4. The van der Waals surface area contributed by atoms with E-state index in [2.05, 4.69) is 6.07 Å². The molecule has 4 aromatic rings. The third-order valence-corrected chi connectivity index (χ3v) is 6.36. The Kier molecular flexibility index (Phi) is 8.75. The van der Waals surface area contributed by atoms with Crippen LogP contribution >= 0.6 is 23.2 Å². The van der Waals surface area contributed by atoms with Gasteiger partial charge in [-0.15, -0.1) is 0 Å². The lowest BCUT2D eigenvalue weighted by Crippen LogP contribution is -2.37. The minimum atomic E-state index is -0.821. The molecule has 1 amide bonds. The summed E-state index contributed by atoms with van der Waals surface area (Å²) in [6.07, 6.45) is 0. The summed E-state index contributed by atoms with van der Waals surface area (Å²) in [5.41, 5.74) is 9.68. The van der Waals surface area contributed by atoms with E-state index >= 15 is 0 Å². The second-order valence-electron chi connectivity index (χ2n) is 8.55. The number of hydrogen-bond donors (Lipinski definition) is 1. The molecule has 2 N–H and O–H groups in total. The lowest BCUT2D eigenvalue weighted by atomic mass is 10.0. The van der Waals surface area contributed by atoms with Crippen molar-refractivity contribution in [3.8, 4) is 17.6 Å². The second-order valence-corrected chi connectivity index (χ2v) is 9.43. The quantitative estimate of drug-likeness (QED) is 0.240. The van der Waals surface area contributed by atoms with Crippen LogP contribution in [0.3, 0.4) is 0 Å². The van der Waals surface area contributed by atoms with Crippen molar-refractivity contribution < 1.29 is 14.3 Å². The molecule has 0 bridgehead atoms. The molecule has 0 radical (unpaired) electrons. The fourth-order valence-corrected chi connectivity index (χ4v) is 4.74. The highest BCUT2D eigenvalue weighted by atomic mass is 35.5. The van der Waals surface area contributed by atoms with E-state index in [-0.39, 0.29) is 6.61 Å². The third kappa shape index (κ3) is 6.57. The number of amides is 1. The predicted octanol–water partition coefficient (Wildman–Crippen LogP) is 6.69. The number of carbonyl (C=O) groups is 1. The molecule has 0 saturated heterocycles. The van der Waals surface area contributed by atoms with Gasteiger partial charge in [0.05, 0.1) is 18.7 Å². The molecule has 0 heterocycles. The number of anilines is 1. The zero-order valence-corrected chi connectivity index (χ0v) is 22.1. The fourth-order valence-electron chi connectivity index (χ4n) is 4.17. The first-order chi connectivity index (χ1) is 18.4. The Labute approximate surface area is 231 Å². The number of ether oxygens (including phenoxy) is 2. The van der Waals surface area contributed by atoms with Crippen LogP contribution in [0.5, 0.6) is 11.5 Å². The van der Waals surface area contributed by atoms with Gasteiger partial charge in [-0.25, -0.2) is 0 Å². The minimum Gasteiger partial charge on any atom is -0.493 e. The van der Waals surface area contributed by atoms with Crippen LogP contribution in [0.15, 0.2) is 91.0 Å².